The summed E-state index contributed by atoms with van der Waals surface area (Å²) in [6.07, 6.45) is 4.05. The van der Waals surface area contributed by atoms with Gasteiger partial charge in [0.25, 0.3) is 0 Å². The highest BCUT2D eigenvalue weighted by Gasteiger charge is 2.40. The van der Waals surface area contributed by atoms with Crippen LogP contribution in [0.1, 0.15) is 67.2 Å². The van der Waals surface area contributed by atoms with Crippen molar-refractivity contribution in [3.8, 4) is 0 Å². The van der Waals surface area contributed by atoms with Crippen molar-refractivity contribution in [2.45, 2.75) is 77.7 Å². The number of rotatable bonds is 6. The fourth-order valence-corrected chi connectivity index (χ4v) is 4.78. The fraction of sp³-hybridized carbons (Fsp3) is 0.842. The standard InChI is InChI=1S/C18H29NO3S.CH4/c1-11(2)17(21)14-7-5-13(6-8-14)10-19-16(20)9-15(18(19)22)23-12(3)4;/h11-15H,5-10H2,1-4H3;1H4. The predicted octanol–water partition coefficient (Wildman–Crippen LogP) is 3.92. The smallest absolute Gasteiger partial charge is 0.242 e. The minimum absolute atomic E-state index is 0. The van der Waals surface area contributed by atoms with Gasteiger partial charge >= 0.3 is 0 Å². The van der Waals surface area contributed by atoms with Crippen LogP contribution in [-0.4, -0.2) is 39.5 Å². The van der Waals surface area contributed by atoms with Crippen LogP contribution >= 0.6 is 11.8 Å². The van der Waals surface area contributed by atoms with Gasteiger partial charge in [-0.3, -0.25) is 19.3 Å². The monoisotopic (exact) mass is 355 g/mol. The van der Waals surface area contributed by atoms with E-state index in [9.17, 15) is 14.4 Å². The quantitative estimate of drug-likeness (QED) is 0.678. The van der Waals surface area contributed by atoms with Gasteiger partial charge < -0.3 is 0 Å². The molecule has 2 amide bonds. The van der Waals surface area contributed by atoms with Crippen LogP contribution in [0.15, 0.2) is 0 Å². The van der Waals surface area contributed by atoms with E-state index in [1.54, 1.807) is 11.8 Å². The molecule has 1 atom stereocenters. The van der Waals surface area contributed by atoms with E-state index >= 15 is 0 Å². The first kappa shape index (κ1) is 21.2. The van der Waals surface area contributed by atoms with Crippen LogP contribution in [0.2, 0.25) is 0 Å². The highest BCUT2D eigenvalue weighted by Crippen LogP contribution is 2.34. The highest BCUT2D eigenvalue weighted by atomic mass is 32.2. The summed E-state index contributed by atoms with van der Waals surface area (Å²) in [5.41, 5.74) is 0. The number of imide groups is 1. The summed E-state index contributed by atoms with van der Waals surface area (Å²) in [4.78, 5) is 38.1. The molecule has 0 aromatic rings. The molecule has 0 spiro atoms. The van der Waals surface area contributed by atoms with Crippen molar-refractivity contribution in [3.63, 3.8) is 0 Å². The third kappa shape index (κ3) is 5.08. The topological polar surface area (TPSA) is 54.5 Å². The van der Waals surface area contributed by atoms with Crippen molar-refractivity contribution in [2.24, 2.45) is 17.8 Å². The Morgan fingerprint density at radius 2 is 1.71 bits per heavy atom. The van der Waals surface area contributed by atoms with Gasteiger partial charge in [-0.05, 0) is 36.9 Å². The van der Waals surface area contributed by atoms with E-state index in [2.05, 4.69) is 13.8 Å². The lowest BCUT2D eigenvalue weighted by atomic mass is 9.77. The number of hydrogen-bond donors (Lipinski definition) is 0. The maximum Gasteiger partial charge on any atom is 0.242 e. The molecule has 138 valence electrons. The van der Waals surface area contributed by atoms with Gasteiger partial charge in [-0.1, -0.05) is 35.1 Å². The van der Waals surface area contributed by atoms with Crippen molar-refractivity contribution in [3.05, 3.63) is 0 Å². The van der Waals surface area contributed by atoms with Crippen LogP contribution < -0.4 is 0 Å². The summed E-state index contributed by atoms with van der Waals surface area (Å²) in [7, 11) is 0. The number of Topliss-reactive ketones (excluding diaryl/α,β-unsaturated/α-hetero) is 1. The second kappa shape index (κ2) is 9.02. The van der Waals surface area contributed by atoms with E-state index in [0.717, 1.165) is 25.7 Å². The Morgan fingerprint density at radius 3 is 2.21 bits per heavy atom. The Kier molecular flexibility index (Phi) is 7.97. The van der Waals surface area contributed by atoms with Crippen LogP contribution in [0, 0.1) is 17.8 Å². The van der Waals surface area contributed by atoms with Crippen LogP contribution in [0.5, 0.6) is 0 Å². The second-order valence-electron chi connectivity index (χ2n) is 7.49. The molecule has 2 rings (SSSR count). The first-order valence-corrected chi connectivity index (χ1v) is 9.77. The Hall–Kier alpha value is -0.840. The number of ketones is 1. The van der Waals surface area contributed by atoms with Crippen LogP contribution in [-0.2, 0) is 14.4 Å². The van der Waals surface area contributed by atoms with Gasteiger partial charge in [-0.25, -0.2) is 0 Å². The molecule has 4 nitrogen and oxygen atoms in total. The summed E-state index contributed by atoms with van der Waals surface area (Å²) >= 11 is 1.59. The number of nitrogens with zero attached hydrogens (tertiary/aromatic N) is 1. The molecule has 1 saturated carbocycles. The molecule has 2 aliphatic rings. The fourth-order valence-electron chi connectivity index (χ4n) is 3.64. The zero-order chi connectivity index (χ0) is 17.1. The van der Waals surface area contributed by atoms with Gasteiger partial charge in [0.2, 0.25) is 11.8 Å². The van der Waals surface area contributed by atoms with Crippen LogP contribution in [0.25, 0.3) is 0 Å². The van der Waals surface area contributed by atoms with E-state index in [-0.39, 0.29) is 36.3 Å². The van der Waals surface area contributed by atoms with Crippen molar-refractivity contribution in [1.29, 1.82) is 0 Å². The first-order valence-electron chi connectivity index (χ1n) is 8.83. The van der Waals surface area contributed by atoms with E-state index in [1.165, 1.54) is 4.90 Å². The molecule has 2 fully saturated rings. The minimum atomic E-state index is -0.193. The number of carbonyl (C=O) groups is 3. The van der Waals surface area contributed by atoms with Gasteiger partial charge in [0.1, 0.15) is 5.78 Å². The van der Waals surface area contributed by atoms with Crippen LogP contribution in [0.3, 0.4) is 0 Å². The molecule has 1 saturated heterocycles. The van der Waals surface area contributed by atoms with Crippen molar-refractivity contribution < 1.29 is 14.4 Å². The van der Waals surface area contributed by atoms with Crippen molar-refractivity contribution in [1.82, 2.24) is 4.90 Å². The predicted molar refractivity (Wildman–Crippen MR) is 99.9 cm³/mol. The van der Waals surface area contributed by atoms with E-state index in [0.29, 0.717) is 29.9 Å². The third-order valence-electron chi connectivity index (χ3n) is 4.90. The first-order chi connectivity index (χ1) is 10.8. The maximum atomic E-state index is 12.4. The number of hydrogen-bond acceptors (Lipinski definition) is 4. The molecule has 0 bridgehead atoms. The zero-order valence-electron chi connectivity index (χ0n) is 14.7. The SMILES string of the molecule is C.CC(C)SC1CC(=O)N(CC2CCC(C(=O)C(C)C)CC2)C1=O. The molecular formula is C19H33NO3S. The van der Waals surface area contributed by atoms with Gasteiger partial charge in [-0.2, -0.15) is 0 Å². The Bertz CT molecular complexity index is 467. The third-order valence-corrected chi connectivity index (χ3v) is 6.14. The maximum absolute atomic E-state index is 12.4. The molecule has 24 heavy (non-hydrogen) atoms. The van der Waals surface area contributed by atoms with E-state index in [4.69, 9.17) is 0 Å². The highest BCUT2D eigenvalue weighted by molar-refractivity contribution is 8.01. The number of thioether (sulfide) groups is 1. The Morgan fingerprint density at radius 1 is 1.12 bits per heavy atom. The molecule has 1 aliphatic carbocycles. The summed E-state index contributed by atoms with van der Waals surface area (Å²) in [5, 5.41) is 0.163. The summed E-state index contributed by atoms with van der Waals surface area (Å²) in [6.45, 7) is 8.58. The van der Waals surface area contributed by atoms with E-state index in [1.807, 2.05) is 13.8 Å². The average molecular weight is 356 g/mol. The number of amides is 2. The second-order valence-corrected chi connectivity index (χ2v) is 9.28. The van der Waals surface area contributed by atoms with E-state index < -0.39 is 0 Å². The van der Waals surface area contributed by atoms with Crippen LogP contribution in [0.4, 0.5) is 0 Å². The molecule has 5 heteroatoms. The largest absolute Gasteiger partial charge is 0.299 e. The van der Waals surface area contributed by atoms with Crippen molar-refractivity contribution in [2.75, 3.05) is 6.54 Å². The lowest BCUT2D eigenvalue weighted by Gasteiger charge is -2.30. The lowest BCUT2D eigenvalue weighted by Crippen LogP contribution is -2.37. The van der Waals surface area contributed by atoms with Gasteiger partial charge in [0, 0.05) is 24.8 Å². The summed E-state index contributed by atoms with van der Waals surface area (Å²) in [6, 6.07) is 0. The normalized spacial score (nSPS) is 27.8. The number of likely N-dealkylation sites (tertiary alicyclic amines) is 1. The molecule has 1 unspecified atom stereocenters. The molecule has 1 aliphatic heterocycles. The van der Waals surface area contributed by atoms with Gasteiger partial charge in [0.15, 0.2) is 0 Å². The van der Waals surface area contributed by atoms with Crippen molar-refractivity contribution >= 4 is 29.4 Å². The Balaban J connectivity index is 0.00000288. The molecule has 0 radical (unpaired) electrons. The molecular weight excluding hydrogens is 322 g/mol. The zero-order valence-corrected chi connectivity index (χ0v) is 15.5. The molecule has 0 aromatic carbocycles. The number of carbonyl (C=O) groups excluding carboxylic acids is 3. The molecule has 1 heterocycles. The molecule has 0 N–H and O–H groups in total. The summed E-state index contributed by atoms with van der Waals surface area (Å²) < 4.78 is 0. The van der Waals surface area contributed by atoms with Gasteiger partial charge in [0.05, 0.1) is 5.25 Å². The van der Waals surface area contributed by atoms with Gasteiger partial charge in [-0.15, -0.1) is 11.8 Å². The minimum Gasteiger partial charge on any atom is -0.299 e. The average Bonchev–Trinajstić information content (AvgIpc) is 2.74. The lowest BCUT2D eigenvalue weighted by molar-refractivity contribution is -0.139. The molecule has 0 aromatic heterocycles. The summed E-state index contributed by atoms with van der Waals surface area (Å²) in [5.74, 6) is 0.988. The Labute approximate surface area is 151 Å².